The van der Waals surface area contributed by atoms with Gasteiger partial charge in [-0.1, -0.05) is 12.1 Å². The first-order chi connectivity index (χ1) is 11.5. The summed E-state index contributed by atoms with van der Waals surface area (Å²) in [6.07, 6.45) is 2.12. The zero-order valence-electron chi connectivity index (χ0n) is 13.1. The highest BCUT2D eigenvalue weighted by atomic mass is 19.3. The average Bonchev–Trinajstić information content (AvgIpc) is 3.01. The molecule has 0 aromatic carbocycles. The molecule has 1 amide bonds. The van der Waals surface area contributed by atoms with Crippen molar-refractivity contribution < 1.29 is 18.1 Å². The largest absolute Gasteiger partial charge is 0.337 e. The molecule has 7 nitrogen and oxygen atoms in total. The van der Waals surface area contributed by atoms with Crippen LogP contribution in [0.15, 0.2) is 10.6 Å². The predicted molar refractivity (Wildman–Crippen MR) is 77.6 cm³/mol. The summed E-state index contributed by atoms with van der Waals surface area (Å²) in [5, 5.41) is 10.6. The predicted octanol–water partition coefficient (Wildman–Crippen LogP) is 2.46. The van der Waals surface area contributed by atoms with E-state index in [0.717, 1.165) is 23.4 Å². The highest BCUT2D eigenvalue weighted by molar-refractivity contribution is 5.93. The molecule has 1 saturated heterocycles. The Morgan fingerprint density at radius 3 is 2.96 bits per heavy atom. The fourth-order valence-electron chi connectivity index (χ4n) is 2.99. The van der Waals surface area contributed by atoms with Gasteiger partial charge in [-0.05, 0) is 18.9 Å². The summed E-state index contributed by atoms with van der Waals surface area (Å²) in [5.74, 6) is -2.65. The first kappa shape index (κ1) is 15.2. The molecule has 2 aromatic heterocycles. The third-order valence-corrected chi connectivity index (χ3v) is 4.45. The number of hydrogen-bond donors (Lipinski definition) is 1. The van der Waals surface area contributed by atoms with Crippen LogP contribution in [0.25, 0.3) is 0 Å². The van der Waals surface area contributed by atoms with Gasteiger partial charge < -0.3 is 9.42 Å². The van der Waals surface area contributed by atoms with Crippen molar-refractivity contribution in [2.45, 2.75) is 50.5 Å². The van der Waals surface area contributed by atoms with Crippen LogP contribution in [0.5, 0.6) is 0 Å². The van der Waals surface area contributed by atoms with E-state index >= 15 is 0 Å². The van der Waals surface area contributed by atoms with Crippen LogP contribution in [0.2, 0.25) is 0 Å². The molecule has 1 aliphatic heterocycles. The molecule has 9 heteroatoms. The van der Waals surface area contributed by atoms with Gasteiger partial charge in [-0.2, -0.15) is 10.1 Å². The van der Waals surface area contributed by atoms with E-state index in [0.29, 0.717) is 18.2 Å². The smallest absolute Gasteiger partial charge is 0.275 e. The molecule has 1 N–H and O–H groups in total. The molecule has 1 aliphatic carbocycles. The van der Waals surface area contributed by atoms with Gasteiger partial charge in [-0.3, -0.25) is 9.89 Å². The monoisotopic (exact) mass is 337 g/mol. The molecule has 2 fully saturated rings. The van der Waals surface area contributed by atoms with E-state index in [1.165, 1.54) is 0 Å². The van der Waals surface area contributed by atoms with Gasteiger partial charge in [0.1, 0.15) is 11.7 Å². The Balaban J connectivity index is 1.61. The maximum Gasteiger partial charge on any atom is 0.275 e. The molecule has 2 aliphatic rings. The Morgan fingerprint density at radius 1 is 1.50 bits per heavy atom. The zero-order chi connectivity index (χ0) is 16.9. The minimum absolute atomic E-state index is 0.0512. The van der Waals surface area contributed by atoms with Gasteiger partial charge in [-0.25, -0.2) is 8.78 Å². The van der Waals surface area contributed by atoms with Crippen molar-refractivity contribution in [1.82, 2.24) is 25.2 Å². The van der Waals surface area contributed by atoms with Crippen molar-refractivity contribution in [3.05, 3.63) is 29.2 Å². The topological polar surface area (TPSA) is 87.9 Å². The minimum atomic E-state index is -2.99. The lowest BCUT2D eigenvalue weighted by molar-refractivity contribution is 0.0116. The second kappa shape index (κ2) is 5.35. The third-order valence-electron chi connectivity index (χ3n) is 4.45. The Bertz CT molecular complexity index is 768. The summed E-state index contributed by atoms with van der Waals surface area (Å²) >= 11 is 0. The Kier molecular flexibility index (Phi) is 3.40. The lowest BCUT2D eigenvalue weighted by atomic mass is 10.2. The second-order valence-electron chi connectivity index (χ2n) is 6.39. The molecule has 0 unspecified atom stereocenters. The molecule has 0 bridgehead atoms. The quantitative estimate of drug-likeness (QED) is 0.926. The molecule has 1 saturated carbocycles. The number of carbonyl (C=O) groups is 1. The van der Waals surface area contributed by atoms with Crippen molar-refractivity contribution in [3.63, 3.8) is 0 Å². The van der Waals surface area contributed by atoms with Gasteiger partial charge in [0.2, 0.25) is 5.89 Å². The minimum Gasteiger partial charge on any atom is -0.337 e. The van der Waals surface area contributed by atoms with Crippen LogP contribution in [0.4, 0.5) is 8.78 Å². The van der Waals surface area contributed by atoms with E-state index in [1.54, 1.807) is 6.07 Å². The van der Waals surface area contributed by atoms with Crippen LogP contribution in [0.3, 0.4) is 0 Å². The van der Waals surface area contributed by atoms with E-state index in [2.05, 4.69) is 20.3 Å². The number of aromatic nitrogens is 4. The molecular weight excluding hydrogens is 320 g/mol. The van der Waals surface area contributed by atoms with Crippen molar-refractivity contribution in [2.75, 3.05) is 6.54 Å². The maximum absolute atomic E-state index is 13.9. The van der Waals surface area contributed by atoms with E-state index in [9.17, 15) is 13.6 Å². The second-order valence-corrected chi connectivity index (χ2v) is 6.39. The third kappa shape index (κ3) is 2.67. The summed E-state index contributed by atoms with van der Waals surface area (Å²) in [6.45, 7) is 1.16. The van der Waals surface area contributed by atoms with Gasteiger partial charge in [0.05, 0.1) is 6.54 Å². The van der Waals surface area contributed by atoms with Crippen LogP contribution < -0.4 is 0 Å². The molecule has 128 valence electrons. The maximum atomic E-state index is 13.9. The number of hydrogen-bond acceptors (Lipinski definition) is 5. The van der Waals surface area contributed by atoms with E-state index in [-0.39, 0.29) is 11.6 Å². The van der Waals surface area contributed by atoms with Crippen molar-refractivity contribution in [3.8, 4) is 0 Å². The van der Waals surface area contributed by atoms with Crippen LogP contribution in [0, 0.1) is 0 Å². The summed E-state index contributed by atoms with van der Waals surface area (Å²) < 4.78 is 32.9. The highest BCUT2D eigenvalue weighted by Gasteiger charge is 2.50. The number of nitrogens with one attached hydrogen (secondary N) is 1. The lowest BCUT2D eigenvalue weighted by Gasteiger charge is -2.19. The van der Waals surface area contributed by atoms with Crippen molar-refractivity contribution >= 4 is 5.91 Å². The molecule has 0 spiro atoms. The number of aromatic amines is 1. The number of halogens is 2. The van der Waals surface area contributed by atoms with Crippen molar-refractivity contribution in [1.29, 1.82) is 0 Å². The van der Waals surface area contributed by atoms with Crippen LogP contribution in [-0.2, 0) is 6.42 Å². The normalized spacial score (nSPS) is 23.0. The fraction of sp³-hybridized carbons (Fsp3) is 0.600. The van der Waals surface area contributed by atoms with E-state index in [1.807, 2.05) is 6.92 Å². The summed E-state index contributed by atoms with van der Waals surface area (Å²) in [4.78, 5) is 17.9. The number of amides is 1. The number of rotatable bonds is 4. The number of aryl methyl sites for hydroxylation is 1. The summed E-state index contributed by atoms with van der Waals surface area (Å²) in [6, 6.07) is 0.722. The van der Waals surface area contributed by atoms with Gasteiger partial charge in [0.25, 0.3) is 11.8 Å². The summed E-state index contributed by atoms with van der Waals surface area (Å²) in [7, 11) is 0. The number of H-pyrrole nitrogens is 1. The van der Waals surface area contributed by atoms with Gasteiger partial charge >= 0.3 is 0 Å². The Hall–Kier alpha value is -2.32. The van der Waals surface area contributed by atoms with Gasteiger partial charge in [0.15, 0.2) is 5.82 Å². The Labute approximate surface area is 136 Å². The van der Waals surface area contributed by atoms with E-state index < -0.39 is 30.8 Å². The first-order valence-corrected chi connectivity index (χ1v) is 8.03. The molecule has 4 rings (SSSR count). The number of carbonyl (C=O) groups excluding carboxylic acids is 1. The lowest BCUT2D eigenvalue weighted by Crippen LogP contribution is -2.33. The molecular formula is C15H17F2N5O2. The standard InChI is InChI=1S/C15H17F2N5O2/c1-2-12-18-13(24-21-12)11-6-15(16,17)7-22(11)14(23)10-5-9(19-20-10)8-3-4-8/h5,8,11H,2-4,6-7H2,1H3,(H,19,20)/t11-/m0/s1. The number of nitrogens with zero attached hydrogens (tertiary/aromatic N) is 4. The summed E-state index contributed by atoms with van der Waals surface area (Å²) in [5.41, 5.74) is 1.03. The molecule has 1 atom stereocenters. The van der Waals surface area contributed by atoms with E-state index in [4.69, 9.17) is 4.52 Å². The van der Waals surface area contributed by atoms with Crippen LogP contribution >= 0.6 is 0 Å². The van der Waals surface area contributed by atoms with Gasteiger partial charge in [-0.15, -0.1) is 0 Å². The fourth-order valence-corrected chi connectivity index (χ4v) is 2.99. The van der Waals surface area contributed by atoms with Crippen LogP contribution in [0.1, 0.15) is 66.0 Å². The molecule has 3 heterocycles. The van der Waals surface area contributed by atoms with Crippen molar-refractivity contribution in [2.24, 2.45) is 0 Å². The Morgan fingerprint density at radius 2 is 2.29 bits per heavy atom. The highest BCUT2D eigenvalue weighted by Crippen LogP contribution is 2.42. The van der Waals surface area contributed by atoms with Crippen LogP contribution in [-0.4, -0.2) is 43.6 Å². The molecule has 0 radical (unpaired) electrons. The molecule has 24 heavy (non-hydrogen) atoms. The van der Waals surface area contributed by atoms with Gasteiger partial charge in [0, 0.05) is 24.5 Å². The molecule has 2 aromatic rings. The number of likely N-dealkylation sites (tertiary alicyclic amines) is 1. The SMILES string of the molecule is CCc1noc([C@@H]2CC(F)(F)CN2C(=O)c2cc(C3CC3)[nH]n2)n1. The number of alkyl halides is 2. The zero-order valence-corrected chi connectivity index (χ0v) is 13.1. The first-order valence-electron chi connectivity index (χ1n) is 8.03. The average molecular weight is 337 g/mol.